The lowest BCUT2D eigenvalue weighted by Gasteiger charge is -2.06. The minimum Gasteiger partial charge on any atom is -0.311 e. The van der Waals surface area contributed by atoms with Crippen LogP contribution in [0.25, 0.3) is 0 Å². The van der Waals surface area contributed by atoms with Crippen molar-refractivity contribution < 1.29 is 0 Å². The second-order valence-electron chi connectivity index (χ2n) is 4.44. The lowest BCUT2D eigenvalue weighted by Crippen LogP contribution is -2.18. The van der Waals surface area contributed by atoms with Crippen molar-refractivity contribution >= 4 is 0 Å². The molecule has 2 aromatic heterocycles. The summed E-state index contributed by atoms with van der Waals surface area (Å²) in [6.45, 7) is 7.00. The number of aromatic amines is 1. The summed E-state index contributed by atoms with van der Waals surface area (Å²) in [6, 6.07) is 2.07. The molecule has 0 aromatic carbocycles. The van der Waals surface area contributed by atoms with Gasteiger partial charge in [0.1, 0.15) is 0 Å². The van der Waals surface area contributed by atoms with Crippen LogP contribution in [0, 0.1) is 6.92 Å². The van der Waals surface area contributed by atoms with Crippen molar-refractivity contribution in [1.29, 1.82) is 0 Å². The standard InChI is InChI=1S/C13H21N5/c1-3-18-13(6-8-16-18)10-14-7-4-5-12-9-15-17-11(12)2/h6,8-9,14H,3-5,7,10H2,1-2H3,(H,15,17). The van der Waals surface area contributed by atoms with E-state index in [0.717, 1.165) is 32.5 Å². The van der Waals surface area contributed by atoms with Gasteiger partial charge in [0.25, 0.3) is 0 Å². The van der Waals surface area contributed by atoms with Gasteiger partial charge in [-0.05, 0) is 44.9 Å². The molecule has 2 aromatic rings. The minimum absolute atomic E-state index is 0.887. The maximum absolute atomic E-state index is 4.25. The Morgan fingerprint density at radius 2 is 2.33 bits per heavy atom. The van der Waals surface area contributed by atoms with E-state index in [1.807, 2.05) is 17.1 Å². The van der Waals surface area contributed by atoms with E-state index in [-0.39, 0.29) is 0 Å². The predicted molar refractivity (Wildman–Crippen MR) is 71.3 cm³/mol. The van der Waals surface area contributed by atoms with Gasteiger partial charge in [-0.25, -0.2) is 0 Å². The number of nitrogens with zero attached hydrogens (tertiary/aromatic N) is 3. The second kappa shape index (κ2) is 6.35. The van der Waals surface area contributed by atoms with Gasteiger partial charge in [-0.3, -0.25) is 9.78 Å². The summed E-state index contributed by atoms with van der Waals surface area (Å²) >= 11 is 0. The van der Waals surface area contributed by atoms with Crippen LogP contribution in [0.3, 0.4) is 0 Å². The zero-order valence-corrected chi connectivity index (χ0v) is 11.1. The molecule has 0 unspecified atom stereocenters. The summed E-state index contributed by atoms with van der Waals surface area (Å²) in [5, 5.41) is 14.7. The lowest BCUT2D eigenvalue weighted by atomic mass is 10.1. The number of nitrogens with one attached hydrogen (secondary N) is 2. The molecular formula is C13H21N5. The SMILES string of the molecule is CCn1nccc1CNCCCc1cn[nH]c1C. The summed E-state index contributed by atoms with van der Waals surface area (Å²) in [5.41, 5.74) is 3.74. The quantitative estimate of drug-likeness (QED) is 0.732. The fraction of sp³-hybridized carbons (Fsp3) is 0.538. The maximum atomic E-state index is 4.25. The zero-order chi connectivity index (χ0) is 12.8. The Morgan fingerprint density at radius 1 is 1.44 bits per heavy atom. The van der Waals surface area contributed by atoms with Crippen molar-refractivity contribution in [3.05, 3.63) is 35.4 Å². The van der Waals surface area contributed by atoms with Gasteiger partial charge in [-0.2, -0.15) is 10.2 Å². The first-order chi connectivity index (χ1) is 8.81. The summed E-state index contributed by atoms with van der Waals surface area (Å²) < 4.78 is 2.02. The van der Waals surface area contributed by atoms with Crippen LogP contribution in [-0.2, 0) is 19.5 Å². The van der Waals surface area contributed by atoms with Crippen LogP contribution in [0.15, 0.2) is 18.5 Å². The monoisotopic (exact) mass is 247 g/mol. The van der Waals surface area contributed by atoms with E-state index in [2.05, 4.69) is 40.5 Å². The molecule has 18 heavy (non-hydrogen) atoms. The van der Waals surface area contributed by atoms with Crippen LogP contribution in [-0.4, -0.2) is 26.5 Å². The number of rotatable bonds is 7. The van der Waals surface area contributed by atoms with Crippen LogP contribution in [0.2, 0.25) is 0 Å². The van der Waals surface area contributed by atoms with Crippen molar-refractivity contribution in [3.8, 4) is 0 Å². The normalized spacial score (nSPS) is 11.0. The highest BCUT2D eigenvalue weighted by Crippen LogP contribution is 2.05. The first-order valence-electron chi connectivity index (χ1n) is 6.51. The number of hydrogen-bond acceptors (Lipinski definition) is 3. The number of hydrogen-bond donors (Lipinski definition) is 2. The number of H-pyrrole nitrogens is 1. The van der Waals surface area contributed by atoms with Gasteiger partial charge in [0.2, 0.25) is 0 Å². The van der Waals surface area contributed by atoms with Gasteiger partial charge < -0.3 is 5.32 Å². The van der Waals surface area contributed by atoms with Gasteiger partial charge in [0.05, 0.1) is 11.9 Å². The smallest absolute Gasteiger partial charge is 0.0522 e. The second-order valence-corrected chi connectivity index (χ2v) is 4.44. The van der Waals surface area contributed by atoms with Crippen LogP contribution in [0.4, 0.5) is 0 Å². The summed E-state index contributed by atoms with van der Waals surface area (Å²) in [6.07, 6.45) is 5.97. The molecular weight excluding hydrogens is 226 g/mol. The summed E-state index contributed by atoms with van der Waals surface area (Å²) in [4.78, 5) is 0. The molecule has 0 radical (unpaired) electrons. The molecule has 0 aliphatic rings. The Bertz CT molecular complexity index is 471. The summed E-state index contributed by atoms with van der Waals surface area (Å²) in [5.74, 6) is 0. The van der Waals surface area contributed by atoms with Crippen LogP contribution in [0.1, 0.15) is 30.3 Å². The molecule has 0 aliphatic carbocycles. The Balaban J connectivity index is 1.66. The third-order valence-electron chi connectivity index (χ3n) is 3.14. The third kappa shape index (κ3) is 3.20. The average molecular weight is 247 g/mol. The fourth-order valence-corrected chi connectivity index (χ4v) is 2.04. The maximum Gasteiger partial charge on any atom is 0.0522 e. The van der Waals surface area contributed by atoms with Crippen LogP contribution >= 0.6 is 0 Å². The first-order valence-corrected chi connectivity index (χ1v) is 6.51. The Hall–Kier alpha value is -1.62. The minimum atomic E-state index is 0.887. The van der Waals surface area contributed by atoms with E-state index >= 15 is 0 Å². The molecule has 5 nitrogen and oxygen atoms in total. The Labute approximate surface area is 108 Å². The van der Waals surface area contributed by atoms with Gasteiger partial charge in [0.15, 0.2) is 0 Å². The Kier molecular flexibility index (Phi) is 4.52. The molecule has 2 N–H and O–H groups in total. The highest BCUT2D eigenvalue weighted by Gasteiger charge is 2.01. The molecule has 0 saturated carbocycles. The van der Waals surface area contributed by atoms with Gasteiger partial charge in [-0.1, -0.05) is 0 Å². The van der Waals surface area contributed by atoms with E-state index in [0.29, 0.717) is 0 Å². The number of aryl methyl sites for hydroxylation is 3. The van der Waals surface area contributed by atoms with Crippen molar-refractivity contribution in [2.45, 2.75) is 39.8 Å². The molecule has 98 valence electrons. The fourth-order valence-electron chi connectivity index (χ4n) is 2.04. The summed E-state index contributed by atoms with van der Waals surface area (Å²) in [7, 11) is 0. The zero-order valence-electron chi connectivity index (χ0n) is 11.1. The van der Waals surface area contributed by atoms with Crippen molar-refractivity contribution in [2.24, 2.45) is 0 Å². The lowest BCUT2D eigenvalue weighted by molar-refractivity contribution is 0.573. The van der Waals surface area contributed by atoms with Crippen molar-refractivity contribution in [3.63, 3.8) is 0 Å². The van der Waals surface area contributed by atoms with Gasteiger partial charge in [0, 0.05) is 25.0 Å². The van der Waals surface area contributed by atoms with Crippen LogP contribution in [0.5, 0.6) is 0 Å². The molecule has 0 fully saturated rings. The first kappa shape index (κ1) is 12.8. The Morgan fingerprint density at radius 3 is 3.06 bits per heavy atom. The molecule has 0 amide bonds. The van der Waals surface area contributed by atoms with Crippen LogP contribution < -0.4 is 5.32 Å². The highest BCUT2D eigenvalue weighted by atomic mass is 15.3. The highest BCUT2D eigenvalue weighted by molar-refractivity contribution is 5.14. The van der Waals surface area contributed by atoms with E-state index in [9.17, 15) is 0 Å². The van der Waals surface area contributed by atoms with E-state index in [4.69, 9.17) is 0 Å². The molecule has 2 heterocycles. The third-order valence-corrected chi connectivity index (χ3v) is 3.14. The molecule has 0 aliphatic heterocycles. The number of aromatic nitrogens is 4. The van der Waals surface area contributed by atoms with E-state index in [1.165, 1.54) is 17.0 Å². The van der Waals surface area contributed by atoms with E-state index in [1.54, 1.807) is 0 Å². The molecule has 0 saturated heterocycles. The largest absolute Gasteiger partial charge is 0.311 e. The van der Waals surface area contributed by atoms with Crippen molar-refractivity contribution in [1.82, 2.24) is 25.3 Å². The van der Waals surface area contributed by atoms with Gasteiger partial charge >= 0.3 is 0 Å². The van der Waals surface area contributed by atoms with Gasteiger partial charge in [-0.15, -0.1) is 0 Å². The van der Waals surface area contributed by atoms with E-state index < -0.39 is 0 Å². The molecule has 0 spiro atoms. The predicted octanol–water partition coefficient (Wildman–Crippen LogP) is 1.66. The molecule has 5 heteroatoms. The molecule has 0 bridgehead atoms. The molecule has 2 rings (SSSR count). The topological polar surface area (TPSA) is 58.5 Å². The average Bonchev–Trinajstić information content (AvgIpc) is 2.98. The van der Waals surface area contributed by atoms with Crippen molar-refractivity contribution in [2.75, 3.05) is 6.54 Å². The molecule has 0 atom stereocenters.